The summed E-state index contributed by atoms with van der Waals surface area (Å²) in [5.74, 6) is 0. The summed E-state index contributed by atoms with van der Waals surface area (Å²) in [5.41, 5.74) is 2.22. The van der Waals surface area contributed by atoms with Crippen LogP contribution in [0, 0.1) is 5.41 Å². The van der Waals surface area contributed by atoms with Crippen LogP contribution in [0.25, 0.3) is 0 Å². The fourth-order valence-electron chi connectivity index (χ4n) is 4.36. The highest BCUT2D eigenvalue weighted by atomic mass is 15.3. The molecule has 1 nitrogen and oxygen atoms in total. The van der Waals surface area contributed by atoms with Crippen LogP contribution in [0.2, 0.25) is 0 Å². The van der Waals surface area contributed by atoms with E-state index in [4.69, 9.17) is 0 Å². The fourth-order valence-corrected chi connectivity index (χ4v) is 4.36. The Labute approximate surface area is 138 Å². The quantitative estimate of drug-likeness (QED) is 0.658. The summed E-state index contributed by atoms with van der Waals surface area (Å²) in [6.45, 7) is 15.6. The van der Waals surface area contributed by atoms with Gasteiger partial charge in [0.1, 0.15) is 0 Å². The van der Waals surface area contributed by atoms with E-state index in [-0.39, 0.29) is 5.54 Å². The minimum atomic E-state index is 0.181. The Balaban J connectivity index is 2.41. The number of rotatable bonds is 3. The Morgan fingerprint density at radius 3 is 1.86 bits per heavy atom. The van der Waals surface area contributed by atoms with Gasteiger partial charge in [0.15, 0.2) is 0 Å². The van der Waals surface area contributed by atoms with E-state index >= 15 is 0 Å². The van der Waals surface area contributed by atoms with Gasteiger partial charge in [-0.3, -0.25) is 4.90 Å². The van der Waals surface area contributed by atoms with Gasteiger partial charge in [-0.2, -0.15) is 0 Å². The largest absolute Gasteiger partial charge is 0.288 e. The van der Waals surface area contributed by atoms with Gasteiger partial charge in [-0.15, -0.1) is 0 Å². The Morgan fingerprint density at radius 1 is 0.864 bits per heavy atom. The number of hydrogen-bond donors (Lipinski definition) is 0. The topological polar surface area (TPSA) is 3.24 Å². The van der Waals surface area contributed by atoms with E-state index in [1.807, 2.05) is 0 Å². The predicted octanol–water partition coefficient (Wildman–Crippen LogP) is 6.04. The first-order chi connectivity index (χ1) is 10.2. The van der Waals surface area contributed by atoms with Crippen LogP contribution < -0.4 is 0 Å². The highest BCUT2D eigenvalue weighted by Crippen LogP contribution is 2.49. The van der Waals surface area contributed by atoms with Crippen molar-refractivity contribution >= 4 is 0 Å². The predicted molar refractivity (Wildman–Crippen MR) is 97.0 cm³/mol. The van der Waals surface area contributed by atoms with Gasteiger partial charge < -0.3 is 0 Å². The molecule has 124 valence electrons. The van der Waals surface area contributed by atoms with Gasteiger partial charge in [-0.1, -0.05) is 70.4 Å². The summed E-state index contributed by atoms with van der Waals surface area (Å²) in [6, 6.07) is 11.0. The first-order valence-electron chi connectivity index (χ1n) is 8.98. The van der Waals surface area contributed by atoms with Gasteiger partial charge in [0.25, 0.3) is 0 Å². The van der Waals surface area contributed by atoms with E-state index in [2.05, 4.69) is 76.8 Å². The van der Waals surface area contributed by atoms with Gasteiger partial charge in [0.2, 0.25) is 0 Å². The molecule has 1 aromatic carbocycles. The molecule has 0 aliphatic heterocycles. The minimum Gasteiger partial charge on any atom is -0.288 e. The van der Waals surface area contributed by atoms with Crippen LogP contribution in [0.15, 0.2) is 30.3 Å². The Bertz CT molecular complexity index is 455. The molecule has 1 aliphatic rings. The molecule has 1 fully saturated rings. The van der Waals surface area contributed by atoms with Crippen LogP contribution >= 0.6 is 0 Å². The van der Waals surface area contributed by atoms with Crippen LogP contribution in [0.1, 0.15) is 79.2 Å². The third kappa shape index (κ3) is 3.56. The molecule has 1 aliphatic carbocycles. The fraction of sp³-hybridized carbons (Fsp3) is 0.714. The lowest BCUT2D eigenvalue weighted by Crippen LogP contribution is -2.63. The monoisotopic (exact) mass is 301 g/mol. The number of nitrogens with zero attached hydrogens (tertiary/aromatic N) is 1. The lowest BCUT2D eigenvalue weighted by Gasteiger charge is -2.59. The van der Waals surface area contributed by atoms with Crippen LogP contribution in [-0.2, 0) is 6.54 Å². The Kier molecular flexibility index (Phi) is 5.06. The molecule has 0 heterocycles. The molecule has 0 bridgehead atoms. The van der Waals surface area contributed by atoms with Crippen molar-refractivity contribution in [2.45, 2.75) is 91.3 Å². The van der Waals surface area contributed by atoms with Crippen LogP contribution in [0.4, 0.5) is 0 Å². The molecule has 22 heavy (non-hydrogen) atoms. The number of benzene rings is 1. The maximum atomic E-state index is 2.81. The zero-order chi connectivity index (χ0) is 16.4. The van der Waals surface area contributed by atoms with E-state index in [0.29, 0.717) is 11.0 Å². The molecule has 0 amide bonds. The van der Waals surface area contributed by atoms with Crippen molar-refractivity contribution in [1.29, 1.82) is 0 Å². The lowest BCUT2D eigenvalue weighted by molar-refractivity contribution is -0.0923. The lowest BCUT2D eigenvalue weighted by atomic mass is 9.63. The molecule has 1 heteroatoms. The SMILES string of the molecule is CC(C)(C)N(Cc1ccccc1)C1(C(C)(C)C)CCCCC1. The summed E-state index contributed by atoms with van der Waals surface area (Å²) < 4.78 is 0. The van der Waals surface area contributed by atoms with Crippen molar-refractivity contribution in [3.05, 3.63) is 35.9 Å². The first-order valence-corrected chi connectivity index (χ1v) is 8.98. The molecule has 0 aromatic heterocycles. The van der Waals surface area contributed by atoms with Gasteiger partial charge in [0.05, 0.1) is 0 Å². The molecule has 0 N–H and O–H groups in total. The molecule has 0 unspecified atom stereocenters. The van der Waals surface area contributed by atoms with Gasteiger partial charge in [-0.05, 0) is 44.6 Å². The minimum absolute atomic E-state index is 0.181. The van der Waals surface area contributed by atoms with Crippen LogP contribution in [0.3, 0.4) is 0 Å². The van der Waals surface area contributed by atoms with E-state index < -0.39 is 0 Å². The average molecular weight is 302 g/mol. The van der Waals surface area contributed by atoms with E-state index in [9.17, 15) is 0 Å². The second-order valence-electron chi connectivity index (χ2n) is 9.08. The first kappa shape index (κ1) is 17.5. The Hall–Kier alpha value is -0.820. The van der Waals surface area contributed by atoms with E-state index in [1.165, 1.54) is 37.7 Å². The Morgan fingerprint density at radius 2 is 1.41 bits per heavy atom. The standard InChI is InChI=1S/C21H35N/c1-19(2,3)21(15-11-8-12-16-21)22(20(4,5)6)17-18-13-9-7-10-14-18/h7,9-10,13-14H,8,11-12,15-17H2,1-6H3. The van der Waals surface area contributed by atoms with Crippen molar-refractivity contribution in [2.75, 3.05) is 0 Å². The second-order valence-corrected chi connectivity index (χ2v) is 9.08. The van der Waals surface area contributed by atoms with E-state index in [1.54, 1.807) is 0 Å². The third-order valence-corrected chi connectivity index (χ3v) is 5.59. The highest BCUT2D eigenvalue weighted by Gasteiger charge is 2.50. The molecule has 2 rings (SSSR count). The highest BCUT2D eigenvalue weighted by molar-refractivity contribution is 5.17. The zero-order valence-electron chi connectivity index (χ0n) is 15.6. The molecular formula is C21H35N. The molecular weight excluding hydrogens is 266 g/mol. The maximum Gasteiger partial charge on any atom is 0.0266 e. The van der Waals surface area contributed by atoms with Crippen LogP contribution in [-0.4, -0.2) is 16.0 Å². The summed E-state index contributed by atoms with van der Waals surface area (Å²) >= 11 is 0. The van der Waals surface area contributed by atoms with Crippen molar-refractivity contribution in [3.63, 3.8) is 0 Å². The van der Waals surface area contributed by atoms with Gasteiger partial charge in [-0.25, -0.2) is 0 Å². The van der Waals surface area contributed by atoms with Gasteiger partial charge >= 0.3 is 0 Å². The number of hydrogen-bond acceptors (Lipinski definition) is 1. The molecule has 0 atom stereocenters. The summed E-state index contributed by atoms with van der Waals surface area (Å²) in [6.07, 6.45) is 6.82. The van der Waals surface area contributed by atoms with Crippen LogP contribution in [0.5, 0.6) is 0 Å². The smallest absolute Gasteiger partial charge is 0.0266 e. The van der Waals surface area contributed by atoms with Gasteiger partial charge in [0, 0.05) is 17.6 Å². The third-order valence-electron chi connectivity index (χ3n) is 5.59. The summed E-state index contributed by atoms with van der Waals surface area (Å²) in [7, 11) is 0. The molecule has 0 radical (unpaired) electrons. The van der Waals surface area contributed by atoms with Crippen molar-refractivity contribution in [1.82, 2.24) is 4.90 Å². The summed E-state index contributed by atoms with van der Waals surface area (Å²) in [4.78, 5) is 2.81. The average Bonchev–Trinajstić information content (AvgIpc) is 2.44. The van der Waals surface area contributed by atoms with E-state index in [0.717, 1.165) is 6.54 Å². The molecule has 1 aromatic rings. The molecule has 0 saturated heterocycles. The van der Waals surface area contributed by atoms with Crippen molar-refractivity contribution in [2.24, 2.45) is 5.41 Å². The maximum absolute atomic E-state index is 2.81. The second kappa shape index (κ2) is 6.35. The molecule has 0 spiro atoms. The summed E-state index contributed by atoms with van der Waals surface area (Å²) in [5, 5.41) is 0. The zero-order valence-corrected chi connectivity index (χ0v) is 15.6. The van der Waals surface area contributed by atoms with Crippen molar-refractivity contribution in [3.8, 4) is 0 Å². The normalized spacial score (nSPS) is 19.4. The molecule has 1 saturated carbocycles. The van der Waals surface area contributed by atoms with Crippen molar-refractivity contribution < 1.29 is 0 Å².